The Balaban J connectivity index is 2.51. The lowest BCUT2D eigenvalue weighted by Gasteiger charge is -1.94. The molecule has 0 radical (unpaired) electrons. The Labute approximate surface area is 64.0 Å². The topological polar surface area (TPSA) is 79.1 Å². The van der Waals surface area contributed by atoms with E-state index in [1.807, 2.05) is 0 Å². The van der Waals surface area contributed by atoms with Crippen LogP contribution in [0.25, 0.3) is 0 Å². The number of aryl methyl sites for hydroxylation is 1. The number of carboxylic acid groups (broad SMARTS) is 1. The van der Waals surface area contributed by atoms with Crippen LogP contribution >= 0.6 is 0 Å². The zero-order chi connectivity index (χ0) is 8.27. The molecule has 0 aliphatic carbocycles. The van der Waals surface area contributed by atoms with E-state index in [4.69, 9.17) is 10.8 Å². The third kappa shape index (κ3) is 2.00. The third-order valence-electron chi connectivity index (χ3n) is 1.48. The second kappa shape index (κ2) is 3.09. The van der Waals surface area contributed by atoms with Crippen LogP contribution in [0.5, 0.6) is 0 Å². The molecule has 0 spiro atoms. The molecule has 1 rings (SSSR count). The Morgan fingerprint density at radius 3 is 2.91 bits per heavy atom. The number of aliphatic carboxylic acids is 1. The second-order valence-electron chi connectivity index (χ2n) is 2.31. The molecular weight excluding hydrogens is 144 g/mol. The molecule has 0 saturated carbocycles. The average Bonchev–Trinajstić information content (AvgIpc) is 2.31. The summed E-state index contributed by atoms with van der Waals surface area (Å²) in [5.41, 5.74) is 6.35. The monoisotopic (exact) mass is 154 g/mol. The highest BCUT2D eigenvalue weighted by molar-refractivity contribution is 5.67. The first-order chi connectivity index (χ1) is 5.20. The number of nitrogens with two attached hydrogens (primary N) is 1. The number of hydrogen-bond acceptors (Lipinski definition) is 2. The number of H-pyrrole nitrogens is 1. The van der Waals surface area contributed by atoms with E-state index in [-0.39, 0.29) is 6.42 Å². The SMILES string of the molecule is Nc1[nH]ccc1CCC(=O)O. The molecule has 1 aromatic rings. The van der Waals surface area contributed by atoms with Crippen LogP contribution in [0, 0.1) is 0 Å². The van der Waals surface area contributed by atoms with Crippen LogP contribution in [0.15, 0.2) is 12.3 Å². The minimum Gasteiger partial charge on any atom is -0.481 e. The number of aromatic amines is 1. The number of carboxylic acids is 1. The molecule has 0 unspecified atom stereocenters. The highest BCUT2D eigenvalue weighted by Gasteiger charge is 2.02. The molecular formula is C7H10N2O2. The first kappa shape index (κ1) is 7.65. The summed E-state index contributed by atoms with van der Waals surface area (Å²) in [4.78, 5) is 12.9. The van der Waals surface area contributed by atoms with Gasteiger partial charge in [0, 0.05) is 12.6 Å². The molecule has 0 amide bonds. The first-order valence-electron chi connectivity index (χ1n) is 3.33. The Kier molecular flexibility index (Phi) is 2.15. The third-order valence-corrected chi connectivity index (χ3v) is 1.48. The Bertz CT molecular complexity index is 255. The molecule has 0 saturated heterocycles. The summed E-state index contributed by atoms with van der Waals surface area (Å²) in [6.07, 6.45) is 2.32. The van der Waals surface area contributed by atoms with Crippen LogP contribution in [0.2, 0.25) is 0 Å². The smallest absolute Gasteiger partial charge is 0.303 e. The van der Waals surface area contributed by atoms with Crippen molar-refractivity contribution in [1.82, 2.24) is 4.98 Å². The van der Waals surface area contributed by atoms with Gasteiger partial charge in [0.05, 0.1) is 0 Å². The lowest BCUT2D eigenvalue weighted by molar-refractivity contribution is -0.136. The maximum Gasteiger partial charge on any atom is 0.303 e. The van der Waals surface area contributed by atoms with Crippen LogP contribution in [-0.4, -0.2) is 16.1 Å². The lowest BCUT2D eigenvalue weighted by atomic mass is 10.2. The van der Waals surface area contributed by atoms with Crippen molar-refractivity contribution in [3.8, 4) is 0 Å². The van der Waals surface area contributed by atoms with Crippen LogP contribution < -0.4 is 5.73 Å². The molecule has 11 heavy (non-hydrogen) atoms. The minimum absolute atomic E-state index is 0.127. The van der Waals surface area contributed by atoms with Crippen molar-refractivity contribution < 1.29 is 9.90 Å². The summed E-state index contributed by atoms with van der Waals surface area (Å²) in [6.45, 7) is 0. The van der Waals surface area contributed by atoms with Gasteiger partial charge in [0.15, 0.2) is 0 Å². The predicted octanol–water partition coefficient (Wildman–Crippen LogP) is 0.614. The van der Waals surface area contributed by atoms with Gasteiger partial charge in [0.1, 0.15) is 5.82 Å². The largest absolute Gasteiger partial charge is 0.481 e. The van der Waals surface area contributed by atoms with Crippen molar-refractivity contribution in [2.75, 3.05) is 5.73 Å². The van der Waals surface area contributed by atoms with E-state index in [0.717, 1.165) is 5.56 Å². The number of hydrogen-bond donors (Lipinski definition) is 3. The standard InChI is InChI=1S/C7H10N2O2/c8-7-5(3-4-9-7)1-2-6(10)11/h3-4,9H,1-2,8H2,(H,10,11). The molecule has 0 bridgehead atoms. The molecule has 4 heteroatoms. The van der Waals surface area contributed by atoms with Crippen molar-refractivity contribution >= 4 is 11.8 Å². The second-order valence-corrected chi connectivity index (χ2v) is 2.31. The maximum atomic E-state index is 10.2. The molecule has 1 heterocycles. The van der Waals surface area contributed by atoms with E-state index in [1.54, 1.807) is 12.3 Å². The zero-order valence-electron chi connectivity index (χ0n) is 6.00. The average molecular weight is 154 g/mol. The number of anilines is 1. The van der Waals surface area contributed by atoms with E-state index >= 15 is 0 Å². The van der Waals surface area contributed by atoms with Gasteiger partial charge in [-0.25, -0.2) is 0 Å². The van der Waals surface area contributed by atoms with Crippen LogP contribution in [0.1, 0.15) is 12.0 Å². The van der Waals surface area contributed by atoms with Gasteiger partial charge in [-0.15, -0.1) is 0 Å². The van der Waals surface area contributed by atoms with Gasteiger partial charge < -0.3 is 15.8 Å². The van der Waals surface area contributed by atoms with Crippen molar-refractivity contribution in [2.24, 2.45) is 0 Å². The fourth-order valence-corrected chi connectivity index (χ4v) is 0.874. The Morgan fingerprint density at radius 1 is 1.73 bits per heavy atom. The van der Waals surface area contributed by atoms with Crippen molar-refractivity contribution in [3.05, 3.63) is 17.8 Å². The number of rotatable bonds is 3. The maximum absolute atomic E-state index is 10.2. The van der Waals surface area contributed by atoms with E-state index in [0.29, 0.717) is 12.2 Å². The van der Waals surface area contributed by atoms with Gasteiger partial charge >= 0.3 is 5.97 Å². The predicted molar refractivity (Wildman–Crippen MR) is 41.2 cm³/mol. The fourth-order valence-electron chi connectivity index (χ4n) is 0.874. The van der Waals surface area contributed by atoms with Crippen molar-refractivity contribution in [2.45, 2.75) is 12.8 Å². The molecule has 4 nitrogen and oxygen atoms in total. The van der Waals surface area contributed by atoms with Crippen LogP contribution in [0.4, 0.5) is 5.82 Å². The molecule has 4 N–H and O–H groups in total. The fraction of sp³-hybridized carbons (Fsp3) is 0.286. The van der Waals surface area contributed by atoms with E-state index < -0.39 is 5.97 Å². The molecule has 1 aromatic heterocycles. The normalized spacial score (nSPS) is 9.82. The highest BCUT2D eigenvalue weighted by Crippen LogP contribution is 2.10. The Morgan fingerprint density at radius 2 is 2.45 bits per heavy atom. The molecule has 60 valence electrons. The van der Waals surface area contributed by atoms with Gasteiger partial charge in [0.2, 0.25) is 0 Å². The molecule has 0 aliphatic heterocycles. The van der Waals surface area contributed by atoms with Gasteiger partial charge in [-0.3, -0.25) is 4.79 Å². The van der Waals surface area contributed by atoms with Crippen LogP contribution in [0.3, 0.4) is 0 Å². The summed E-state index contributed by atoms with van der Waals surface area (Å²) >= 11 is 0. The molecule has 0 atom stereocenters. The number of carbonyl (C=O) groups is 1. The van der Waals surface area contributed by atoms with E-state index in [1.165, 1.54) is 0 Å². The summed E-state index contributed by atoms with van der Waals surface area (Å²) in [5.74, 6) is -0.239. The molecule has 0 aromatic carbocycles. The highest BCUT2D eigenvalue weighted by atomic mass is 16.4. The summed E-state index contributed by atoms with van der Waals surface area (Å²) in [7, 11) is 0. The summed E-state index contributed by atoms with van der Waals surface area (Å²) < 4.78 is 0. The Hall–Kier alpha value is -1.45. The number of aromatic nitrogens is 1. The quantitative estimate of drug-likeness (QED) is 0.596. The van der Waals surface area contributed by atoms with E-state index in [9.17, 15) is 4.79 Å². The van der Waals surface area contributed by atoms with Gasteiger partial charge in [-0.2, -0.15) is 0 Å². The first-order valence-corrected chi connectivity index (χ1v) is 3.33. The number of nitrogens with one attached hydrogen (secondary N) is 1. The van der Waals surface area contributed by atoms with Gasteiger partial charge in [-0.05, 0) is 18.1 Å². The van der Waals surface area contributed by atoms with Crippen LogP contribution in [-0.2, 0) is 11.2 Å². The molecule has 0 aliphatic rings. The van der Waals surface area contributed by atoms with Crippen molar-refractivity contribution in [1.29, 1.82) is 0 Å². The van der Waals surface area contributed by atoms with E-state index in [2.05, 4.69) is 4.98 Å². The van der Waals surface area contributed by atoms with Gasteiger partial charge in [0.25, 0.3) is 0 Å². The summed E-state index contributed by atoms with van der Waals surface area (Å²) in [6, 6.07) is 1.79. The lowest BCUT2D eigenvalue weighted by Crippen LogP contribution is -1.98. The molecule has 0 fully saturated rings. The van der Waals surface area contributed by atoms with Crippen molar-refractivity contribution in [3.63, 3.8) is 0 Å². The zero-order valence-corrected chi connectivity index (χ0v) is 6.00. The minimum atomic E-state index is -0.800. The summed E-state index contributed by atoms with van der Waals surface area (Å²) in [5, 5.41) is 8.35. The number of nitrogen functional groups attached to an aromatic ring is 1. The van der Waals surface area contributed by atoms with Gasteiger partial charge in [-0.1, -0.05) is 0 Å².